The molecule has 134 valence electrons. The Labute approximate surface area is 149 Å². The van der Waals surface area contributed by atoms with Crippen LogP contribution in [0.3, 0.4) is 0 Å². The van der Waals surface area contributed by atoms with Gasteiger partial charge in [-0.3, -0.25) is 0 Å². The second kappa shape index (κ2) is 7.45. The third-order valence-electron chi connectivity index (χ3n) is 4.19. The summed E-state index contributed by atoms with van der Waals surface area (Å²) < 4.78 is 32.8. The highest BCUT2D eigenvalue weighted by atomic mass is 32.2. The molecule has 6 heteroatoms. The van der Waals surface area contributed by atoms with Crippen LogP contribution in [0.1, 0.15) is 13.8 Å². The summed E-state index contributed by atoms with van der Waals surface area (Å²) in [5, 5.41) is 0. The topological polar surface area (TPSA) is 49.9 Å². The van der Waals surface area contributed by atoms with Crippen molar-refractivity contribution in [2.45, 2.75) is 24.8 Å². The van der Waals surface area contributed by atoms with Gasteiger partial charge in [0.2, 0.25) is 10.0 Å². The summed E-state index contributed by atoms with van der Waals surface area (Å²) in [5.41, 5.74) is 1.13. The molecule has 25 heavy (non-hydrogen) atoms. The summed E-state index contributed by atoms with van der Waals surface area (Å²) >= 11 is 0. The number of hydrogen-bond acceptors (Lipinski definition) is 4. The van der Waals surface area contributed by atoms with E-state index in [1.807, 2.05) is 32.0 Å². The zero-order valence-corrected chi connectivity index (χ0v) is 15.4. The van der Waals surface area contributed by atoms with Crippen LogP contribution >= 0.6 is 0 Å². The van der Waals surface area contributed by atoms with Crippen molar-refractivity contribution in [2.75, 3.05) is 31.1 Å². The highest BCUT2D eigenvalue weighted by Crippen LogP contribution is 2.23. The van der Waals surface area contributed by atoms with E-state index in [0.29, 0.717) is 36.8 Å². The van der Waals surface area contributed by atoms with Gasteiger partial charge in [0.05, 0.1) is 11.0 Å². The standard InChI is InChI=1S/C19H24N2O3S/c1-16(2)24-18-8-10-19(11-9-18)25(22,23)21-14-12-20(13-15-21)17-6-4-3-5-7-17/h3-11,16H,12-15H2,1-2H3. The Kier molecular flexibility index (Phi) is 5.30. The molecule has 0 N–H and O–H groups in total. The monoisotopic (exact) mass is 360 g/mol. The van der Waals surface area contributed by atoms with E-state index in [1.54, 1.807) is 28.6 Å². The molecule has 0 radical (unpaired) electrons. The van der Waals surface area contributed by atoms with E-state index >= 15 is 0 Å². The lowest BCUT2D eigenvalue weighted by Crippen LogP contribution is -2.48. The van der Waals surface area contributed by atoms with Gasteiger partial charge in [0.1, 0.15) is 5.75 Å². The Hall–Kier alpha value is -2.05. The van der Waals surface area contributed by atoms with E-state index in [2.05, 4.69) is 17.0 Å². The van der Waals surface area contributed by atoms with Crippen molar-refractivity contribution in [2.24, 2.45) is 0 Å². The van der Waals surface area contributed by atoms with E-state index in [0.717, 1.165) is 5.69 Å². The minimum atomic E-state index is -3.46. The molecule has 0 spiro atoms. The number of para-hydroxylation sites is 1. The van der Waals surface area contributed by atoms with Gasteiger partial charge >= 0.3 is 0 Å². The van der Waals surface area contributed by atoms with Crippen LogP contribution in [-0.4, -0.2) is 45.0 Å². The lowest BCUT2D eigenvalue weighted by Gasteiger charge is -2.35. The van der Waals surface area contributed by atoms with Crippen molar-refractivity contribution in [3.05, 3.63) is 54.6 Å². The van der Waals surface area contributed by atoms with Gasteiger partial charge in [-0.1, -0.05) is 18.2 Å². The molecule has 2 aromatic carbocycles. The molecular formula is C19H24N2O3S. The largest absolute Gasteiger partial charge is 0.491 e. The average Bonchev–Trinajstić information content (AvgIpc) is 2.62. The van der Waals surface area contributed by atoms with Crippen molar-refractivity contribution in [1.82, 2.24) is 4.31 Å². The lowest BCUT2D eigenvalue weighted by atomic mass is 10.2. The van der Waals surface area contributed by atoms with E-state index in [1.165, 1.54) is 0 Å². The van der Waals surface area contributed by atoms with Gasteiger partial charge in [0, 0.05) is 31.9 Å². The molecule has 1 aliphatic rings. The fraction of sp³-hybridized carbons (Fsp3) is 0.368. The van der Waals surface area contributed by atoms with Crippen LogP contribution in [0, 0.1) is 0 Å². The predicted molar refractivity (Wildman–Crippen MR) is 99.6 cm³/mol. The predicted octanol–water partition coefficient (Wildman–Crippen LogP) is 2.98. The van der Waals surface area contributed by atoms with Gasteiger partial charge < -0.3 is 9.64 Å². The molecule has 2 aromatic rings. The summed E-state index contributed by atoms with van der Waals surface area (Å²) in [6.07, 6.45) is 0.0634. The number of nitrogens with zero attached hydrogens (tertiary/aromatic N) is 2. The third kappa shape index (κ3) is 4.14. The van der Waals surface area contributed by atoms with E-state index < -0.39 is 10.0 Å². The zero-order chi connectivity index (χ0) is 17.9. The molecule has 0 bridgehead atoms. The number of rotatable bonds is 5. The SMILES string of the molecule is CC(C)Oc1ccc(S(=O)(=O)N2CCN(c3ccccc3)CC2)cc1. The summed E-state index contributed by atoms with van der Waals surface area (Å²) in [7, 11) is -3.46. The Balaban J connectivity index is 1.67. The minimum Gasteiger partial charge on any atom is -0.491 e. The molecule has 5 nitrogen and oxygen atoms in total. The maximum absolute atomic E-state index is 12.8. The summed E-state index contributed by atoms with van der Waals surface area (Å²) in [4.78, 5) is 2.53. The molecule has 0 aromatic heterocycles. The van der Waals surface area contributed by atoms with Crippen molar-refractivity contribution in [1.29, 1.82) is 0 Å². The minimum absolute atomic E-state index is 0.0634. The molecular weight excluding hydrogens is 336 g/mol. The first-order chi connectivity index (χ1) is 12.0. The van der Waals surface area contributed by atoms with Crippen LogP contribution in [0.5, 0.6) is 5.75 Å². The first-order valence-electron chi connectivity index (χ1n) is 8.54. The molecule has 0 unspecified atom stereocenters. The molecule has 1 heterocycles. The molecule has 1 saturated heterocycles. The molecule has 0 aliphatic carbocycles. The third-order valence-corrected chi connectivity index (χ3v) is 6.11. The van der Waals surface area contributed by atoms with Gasteiger partial charge in [-0.25, -0.2) is 8.42 Å². The van der Waals surface area contributed by atoms with Crippen molar-refractivity contribution < 1.29 is 13.2 Å². The van der Waals surface area contributed by atoms with Crippen molar-refractivity contribution in [3.8, 4) is 5.75 Å². The summed E-state index contributed by atoms with van der Waals surface area (Å²) in [6.45, 7) is 6.24. The van der Waals surface area contributed by atoms with Crippen LogP contribution in [0.15, 0.2) is 59.5 Å². The van der Waals surface area contributed by atoms with Crippen LogP contribution in [0.2, 0.25) is 0 Å². The Bertz CT molecular complexity index is 781. The Morgan fingerprint density at radius 1 is 0.880 bits per heavy atom. The van der Waals surface area contributed by atoms with Gasteiger partial charge in [0.15, 0.2) is 0 Å². The van der Waals surface area contributed by atoms with Gasteiger partial charge in [-0.05, 0) is 50.2 Å². The molecule has 1 aliphatic heterocycles. The van der Waals surface area contributed by atoms with Gasteiger partial charge in [-0.15, -0.1) is 0 Å². The fourth-order valence-corrected chi connectivity index (χ4v) is 4.36. The maximum atomic E-state index is 12.8. The number of ether oxygens (including phenoxy) is 1. The van der Waals surface area contributed by atoms with E-state index in [9.17, 15) is 8.42 Å². The normalized spacial score (nSPS) is 16.2. The maximum Gasteiger partial charge on any atom is 0.243 e. The van der Waals surface area contributed by atoms with Crippen molar-refractivity contribution in [3.63, 3.8) is 0 Å². The molecule has 0 saturated carbocycles. The van der Waals surface area contributed by atoms with Crippen LogP contribution < -0.4 is 9.64 Å². The Morgan fingerprint density at radius 2 is 1.48 bits per heavy atom. The number of anilines is 1. The number of piperazine rings is 1. The first kappa shape index (κ1) is 17.8. The second-order valence-electron chi connectivity index (χ2n) is 6.36. The molecule has 0 atom stereocenters. The zero-order valence-electron chi connectivity index (χ0n) is 14.6. The second-order valence-corrected chi connectivity index (χ2v) is 8.30. The highest BCUT2D eigenvalue weighted by Gasteiger charge is 2.28. The van der Waals surface area contributed by atoms with Gasteiger partial charge in [0.25, 0.3) is 0 Å². The summed E-state index contributed by atoms with van der Waals surface area (Å²) in [5.74, 6) is 0.683. The number of hydrogen-bond donors (Lipinski definition) is 0. The molecule has 3 rings (SSSR count). The van der Waals surface area contributed by atoms with Crippen LogP contribution in [0.4, 0.5) is 5.69 Å². The fourth-order valence-electron chi connectivity index (χ4n) is 2.94. The highest BCUT2D eigenvalue weighted by molar-refractivity contribution is 7.89. The summed E-state index contributed by atoms with van der Waals surface area (Å²) in [6, 6.07) is 16.8. The average molecular weight is 360 g/mol. The Morgan fingerprint density at radius 3 is 2.04 bits per heavy atom. The first-order valence-corrected chi connectivity index (χ1v) is 9.98. The van der Waals surface area contributed by atoms with E-state index in [-0.39, 0.29) is 6.10 Å². The molecule has 1 fully saturated rings. The lowest BCUT2D eigenvalue weighted by molar-refractivity contribution is 0.242. The smallest absolute Gasteiger partial charge is 0.243 e. The number of benzene rings is 2. The van der Waals surface area contributed by atoms with Crippen LogP contribution in [0.25, 0.3) is 0 Å². The van der Waals surface area contributed by atoms with Crippen molar-refractivity contribution >= 4 is 15.7 Å². The quantitative estimate of drug-likeness (QED) is 0.822. The van der Waals surface area contributed by atoms with Crippen LogP contribution in [-0.2, 0) is 10.0 Å². The van der Waals surface area contributed by atoms with Gasteiger partial charge in [-0.2, -0.15) is 4.31 Å². The number of sulfonamides is 1. The molecule has 0 amide bonds. The van der Waals surface area contributed by atoms with E-state index in [4.69, 9.17) is 4.74 Å².